The molecule has 0 aromatic heterocycles. The van der Waals surface area contributed by atoms with Crippen molar-refractivity contribution in [3.63, 3.8) is 0 Å². The molecule has 1 rings (SSSR count). The van der Waals surface area contributed by atoms with Crippen molar-refractivity contribution in [3.05, 3.63) is 42.8 Å². The molecular weight excluding hydrogens is 192 g/mol. The van der Waals surface area contributed by atoms with E-state index in [1.165, 1.54) is 31.2 Å². The third kappa shape index (κ3) is 11.9. The Morgan fingerprint density at radius 1 is 1.20 bits per heavy atom. The molecule has 0 heterocycles. The minimum absolute atomic E-state index is 0. The average Bonchev–Trinajstić information content (AvgIpc) is 2.28. The van der Waals surface area contributed by atoms with Crippen molar-refractivity contribution in [2.24, 2.45) is 0 Å². The largest absolute Gasteiger partial charge is 2.00 e. The predicted molar refractivity (Wildman–Crippen MR) is 69.9 cm³/mol. The van der Waals surface area contributed by atoms with Gasteiger partial charge < -0.3 is 6.92 Å². The molecule has 1 aromatic carbocycles. The van der Waals surface area contributed by atoms with E-state index >= 15 is 0 Å². The Kier molecular flexibility index (Phi) is 16.2. The SMILES string of the molecule is CCCCc1[c-]cccc1.[CH2-]CCC.[Mg+2]. The molecule has 15 heavy (non-hydrogen) atoms. The van der Waals surface area contributed by atoms with Crippen molar-refractivity contribution in [2.75, 3.05) is 0 Å². The number of hydrogen-bond acceptors (Lipinski definition) is 0. The van der Waals surface area contributed by atoms with E-state index in [0.29, 0.717) is 0 Å². The molecule has 0 amide bonds. The van der Waals surface area contributed by atoms with Crippen LogP contribution in [0.4, 0.5) is 0 Å². The number of benzene rings is 1. The Bertz CT molecular complexity index is 192. The van der Waals surface area contributed by atoms with Crippen molar-refractivity contribution in [1.29, 1.82) is 0 Å². The van der Waals surface area contributed by atoms with E-state index in [1.807, 2.05) is 12.1 Å². The van der Waals surface area contributed by atoms with Gasteiger partial charge in [0.15, 0.2) is 0 Å². The van der Waals surface area contributed by atoms with Gasteiger partial charge in [0.1, 0.15) is 0 Å². The van der Waals surface area contributed by atoms with Crippen LogP contribution in [0.25, 0.3) is 0 Å². The fourth-order valence-electron chi connectivity index (χ4n) is 0.953. The molecule has 0 atom stereocenters. The van der Waals surface area contributed by atoms with Gasteiger partial charge in [-0.05, 0) is 0 Å². The van der Waals surface area contributed by atoms with E-state index < -0.39 is 0 Å². The maximum absolute atomic E-state index is 3.60. The first-order valence-corrected chi connectivity index (χ1v) is 5.60. The average molecular weight is 215 g/mol. The van der Waals surface area contributed by atoms with E-state index in [4.69, 9.17) is 0 Å². The van der Waals surface area contributed by atoms with E-state index in [1.54, 1.807) is 0 Å². The van der Waals surface area contributed by atoms with Gasteiger partial charge in [-0.25, -0.2) is 0 Å². The first kappa shape index (κ1) is 17.4. The Morgan fingerprint density at radius 2 is 1.87 bits per heavy atom. The monoisotopic (exact) mass is 214 g/mol. The van der Waals surface area contributed by atoms with Crippen molar-refractivity contribution in [2.45, 2.75) is 46.0 Å². The van der Waals surface area contributed by atoms with Crippen LogP contribution in [0.5, 0.6) is 0 Å². The topological polar surface area (TPSA) is 0 Å². The molecule has 0 saturated carbocycles. The minimum Gasteiger partial charge on any atom is -0.343 e. The van der Waals surface area contributed by atoms with Crippen molar-refractivity contribution < 1.29 is 0 Å². The summed E-state index contributed by atoms with van der Waals surface area (Å²) >= 11 is 0. The van der Waals surface area contributed by atoms with Gasteiger partial charge in [-0.15, -0.1) is 0 Å². The minimum atomic E-state index is 0. The Hall–Kier alpha value is -0.0138. The maximum Gasteiger partial charge on any atom is 2.00 e. The summed E-state index contributed by atoms with van der Waals surface area (Å²) in [7, 11) is 0. The van der Waals surface area contributed by atoms with Crippen LogP contribution in [0.3, 0.4) is 0 Å². The molecule has 1 heteroatoms. The van der Waals surface area contributed by atoms with E-state index in [2.05, 4.69) is 39.0 Å². The van der Waals surface area contributed by atoms with Crippen molar-refractivity contribution >= 4 is 23.1 Å². The van der Waals surface area contributed by atoms with Gasteiger partial charge in [0.25, 0.3) is 0 Å². The molecule has 0 bridgehead atoms. The molecule has 0 fully saturated rings. The first-order chi connectivity index (χ1) is 6.85. The van der Waals surface area contributed by atoms with E-state index in [9.17, 15) is 0 Å². The second-order valence-corrected chi connectivity index (χ2v) is 3.34. The molecule has 0 unspecified atom stereocenters. The van der Waals surface area contributed by atoms with Gasteiger partial charge in [0, 0.05) is 0 Å². The normalized spacial score (nSPS) is 8.47. The number of unbranched alkanes of at least 4 members (excludes halogenated alkanes) is 2. The fraction of sp³-hybridized carbons (Fsp3) is 0.500. The summed E-state index contributed by atoms with van der Waals surface area (Å²) < 4.78 is 0. The molecule has 0 radical (unpaired) electrons. The van der Waals surface area contributed by atoms with Crippen LogP contribution in [-0.2, 0) is 6.42 Å². The van der Waals surface area contributed by atoms with Crippen molar-refractivity contribution in [3.8, 4) is 0 Å². The summed E-state index contributed by atoms with van der Waals surface area (Å²) in [6.07, 6.45) is 6.00. The molecule has 0 saturated heterocycles. The van der Waals surface area contributed by atoms with Gasteiger partial charge in [-0.3, -0.25) is 0 Å². The van der Waals surface area contributed by atoms with Crippen molar-refractivity contribution in [1.82, 2.24) is 0 Å². The number of rotatable bonds is 4. The van der Waals surface area contributed by atoms with Crippen LogP contribution in [0.15, 0.2) is 24.3 Å². The van der Waals surface area contributed by atoms with E-state index in [-0.39, 0.29) is 23.1 Å². The molecule has 0 spiro atoms. The maximum atomic E-state index is 3.60. The summed E-state index contributed by atoms with van der Waals surface area (Å²) in [4.78, 5) is 0. The van der Waals surface area contributed by atoms with Gasteiger partial charge in [0.05, 0.1) is 0 Å². The molecule has 1 aromatic rings. The van der Waals surface area contributed by atoms with Crippen LogP contribution >= 0.6 is 0 Å². The van der Waals surface area contributed by atoms with Crippen LogP contribution < -0.4 is 0 Å². The summed E-state index contributed by atoms with van der Waals surface area (Å²) in [5, 5.41) is 0. The number of hydrogen-bond donors (Lipinski definition) is 0. The standard InChI is InChI=1S/C10H13.C4H9.Mg/c1-2-3-7-10-8-5-4-6-9-10;1-3-4-2;/h4-6,8H,2-3,7H2,1H3;1,3-4H2,2H3;/q2*-1;+2. The third-order valence-corrected chi connectivity index (χ3v) is 1.93. The first-order valence-electron chi connectivity index (χ1n) is 5.60. The summed E-state index contributed by atoms with van der Waals surface area (Å²) in [6, 6.07) is 11.4. The predicted octanol–water partition coefficient (Wildman–Crippen LogP) is 4.07. The molecule has 0 nitrogen and oxygen atoms in total. The van der Waals surface area contributed by atoms with Crippen LogP contribution in [-0.4, -0.2) is 23.1 Å². The second-order valence-electron chi connectivity index (χ2n) is 3.34. The zero-order valence-electron chi connectivity index (χ0n) is 10.3. The summed E-state index contributed by atoms with van der Waals surface area (Å²) in [5.74, 6) is 0. The zero-order chi connectivity index (χ0) is 10.6. The Labute approximate surface area is 112 Å². The fourth-order valence-corrected chi connectivity index (χ4v) is 0.953. The number of aryl methyl sites for hydroxylation is 1. The second kappa shape index (κ2) is 14.0. The molecule has 0 N–H and O–H groups in total. The van der Waals surface area contributed by atoms with Gasteiger partial charge >= 0.3 is 23.1 Å². The third-order valence-electron chi connectivity index (χ3n) is 1.93. The van der Waals surface area contributed by atoms with Crippen LogP contribution in [0, 0.1) is 13.0 Å². The van der Waals surface area contributed by atoms with Gasteiger partial charge in [0.2, 0.25) is 0 Å². The van der Waals surface area contributed by atoms with Gasteiger partial charge in [-0.2, -0.15) is 42.3 Å². The van der Waals surface area contributed by atoms with Gasteiger partial charge in [-0.1, -0.05) is 39.5 Å². The Balaban J connectivity index is 0. The molecule has 0 aliphatic heterocycles. The molecular formula is C14H22Mg. The Morgan fingerprint density at radius 3 is 2.27 bits per heavy atom. The summed E-state index contributed by atoms with van der Waals surface area (Å²) in [5.41, 5.74) is 1.34. The molecule has 0 aliphatic rings. The van der Waals surface area contributed by atoms with Crippen LogP contribution in [0.2, 0.25) is 0 Å². The summed E-state index contributed by atoms with van der Waals surface area (Å²) in [6.45, 7) is 7.93. The zero-order valence-corrected chi connectivity index (χ0v) is 11.7. The molecule has 0 aliphatic carbocycles. The quantitative estimate of drug-likeness (QED) is 0.524. The van der Waals surface area contributed by atoms with E-state index in [0.717, 1.165) is 6.42 Å². The molecule has 80 valence electrons. The smallest absolute Gasteiger partial charge is 0.343 e. The van der Waals surface area contributed by atoms with Crippen LogP contribution in [0.1, 0.15) is 45.1 Å².